The fraction of sp³-hybridized carbons (Fsp3) is 0.778. The largest absolute Gasteiger partial charge is 0.407 e. The summed E-state index contributed by atoms with van der Waals surface area (Å²) in [4.78, 5) is 0. The van der Waals surface area contributed by atoms with Gasteiger partial charge in [0.15, 0.2) is 0 Å². The molecule has 0 aliphatic heterocycles. The summed E-state index contributed by atoms with van der Waals surface area (Å²) < 4.78 is 5.26. The van der Waals surface area contributed by atoms with E-state index < -0.39 is 0 Å². The zero-order valence-corrected chi connectivity index (χ0v) is 8.53. The Kier molecular flexibility index (Phi) is 2.41. The molecule has 14 heavy (non-hydrogen) atoms. The third-order valence-electron chi connectivity index (χ3n) is 3.11. The summed E-state index contributed by atoms with van der Waals surface area (Å²) in [5, 5.41) is 10.9. The van der Waals surface area contributed by atoms with E-state index in [1.54, 1.807) is 0 Å². The Morgan fingerprint density at radius 1 is 1.50 bits per heavy atom. The molecule has 3 unspecified atom stereocenters. The molecule has 5 nitrogen and oxygen atoms in total. The van der Waals surface area contributed by atoms with Crippen molar-refractivity contribution in [2.24, 2.45) is 17.6 Å². The first kappa shape index (κ1) is 9.45. The van der Waals surface area contributed by atoms with Gasteiger partial charge in [-0.05, 0) is 18.3 Å². The molecule has 2 rings (SSSR count). The van der Waals surface area contributed by atoms with Crippen molar-refractivity contribution in [2.45, 2.75) is 32.9 Å². The van der Waals surface area contributed by atoms with Crippen LogP contribution in [0.15, 0.2) is 4.42 Å². The van der Waals surface area contributed by atoms with Gasteiger partial charge in [0, 0.05) is 6.04 Å². The van der Waals surface area contributed by atoms with Gasteiger partial charge in [0.05, 0.1) is 6.54 Å². The van der Waals surface area contributed by atoms with Crippen molar-refractivity contribution in [2.75, 3.05) is 5.32 Å². The second-order valence-corrected chi connectivity index (χ2v) is 4.03. The molecular formula is C9H16N4O. The molecule has 0 amide bonds. The minimum absolute atomic E-state index is 0.297. The van der Waals surface area contributed by atoms with Crippen LogP contribution in [0.1, 0.15) is 26.2 Å². The fourth-order valence-electron chi connectivity index (χ4n) is 1.77. The molecule has 1 fully saturated rings. The molecule has 78 valence electrons. The summed E-state index contributed by atoms with van der Waals surface area (Å²) in [7, 11) is 0. The van der Waals surface area contributed by atoms with Crippen molar-refractivity contribution in [1.29, 1.82) is 0 Å². The first-order valence-corrected chi connectivity index (χ1v) is 4.99. The first-order valence-electron chi connectivity index (χ1n) is 4.99. The van der Waals surface area contributed by atoms with Crippen LogP contribution in [0.4, 0.5) is 6.01 Å². The van der Waals surface area contributed by atoms with E-state index in [-0.39, 0.29) is 0 Å². The molecule has 1 aromatic heterocycles. The molecule has 1 aliphatic carbocycles. The van der Waals surface area contributed by atoms with E-state index in [2.05, 4.69) is 29.4 Å². The Labute approximate surface area is 83.1 Å². The lowest BCUT2D eigenvalue weighted by Crippen LogP contribution is -2.43. The minimum atomic E-state index is 0.297. The number of hydrogen-bond donors (Lipinski definition) is 2. The van der Waals surface area contributed by atoms with Crippen molar-refractivity contribution in [3.63, 3.8) is 0 Å². The van der Waals surface area contributed by atoms with Gasteiger partial charge >= 0.3 is 6.01 Å². The van der Waals surface area contributed by atoms with Crippen LogP contribution in [0.3, 0.4) is 0 Å². The summed E-state index contributed by atoms with van der Waals surface area (Å²) in [5.41, 5.74) is 5.37. The number of nitrogens with one attached hydrogen (secondary N) is 1. The van der Waals surface area contributed by atoms with E-state index in [0.717, 1.165) is 5.92 Å². The normalized spacial score (nSPS) is 31.2. The van der Waals surface area contributed by atoms with Gasteiger partial charge < -0.3 is 15.5 Å². The predicted octanol–water partition coefficient (Wildman–Crippen LogP) is 0.985. The maximum absolute atomic E-state index is 5.37. The lowest BCUT2D eigenvalue weighted by molar-refractivity contribution is 0.186. The van der Waals surface area contributed by atoms with Crippen molar-refractivity contribution in [1.82, 2.24) is 10.2 Å². The van der Waals surface area contributed by atoms with Gasteiger partial charge in [-0.1, -0.05) is 18.9 Å². The van der Waals surface area contributed by atoms with Crippen LogP contribution in [-0.4, -0.2) is 16.2 Å². The smallest absolute Gasteiger partial charge is 0.315 e. The number of nitrogens with two attached hydrogens (primary N) is 1. The molecule has 1 heterocycles. The molecule has 1 saturated carbocycles. The second kappa shape index (κ2) is 3.57. The van der Waals surface area contributed by atoms with Gasteiger partial charge in [-0.3, -0.25) is 0 Å². The number of aromatic nitrogens is 2. The van der Waals surface area contributed by atoms with E-state index in [9.17, 15) is 0 Å². The zero-order valence-electron chi connectivity index (χ0n) is 8.53. The molecule has 0 aromatic carbocycles. The molecule has 1 aromatic rings. The molecule has 5 heteroatoms. The van der Waals surface area contributed by atoms with Crippen LogP contribution in [0.25, 0.3) is 0 Å². The van der Waals surface area contributed by atoms with Crippen LogP contribution in [0.2, 0.25) is 0 Å². The summed E-state index contributed by atoms with van der Waals surface area (Å²) in [6.45, 7) is 4.78. The van der Waals surface area contributed by atoms with Crippen LogP contribution in [-0.2, 0) is 6.54 Å². The Bertz CT molecular complexity index is 312. The summed E-state index contributed by atoms with van der Waals surface area (Å²) >= 11 is 0. The van der Waals surface area contributed by atoms with E-state index in [4.69, 9.17) is 10.2 Å². The average Bonchev–Trinajstić information content (AvgIpc) is 2.65. The van der Waals surface area contributed by atoms with Crippen LogP contribution >= 0.6 is 0 Å². The topological polar surface area (TPSA) is 77.0 Å². The van der Waals surface area contributed by atoms with Crippen molar-refractivity contribution < 1.29 is 4.42 Å². The fourth-order valence-corrected chi connectivity index (χ4v) is 1.77. The van der Waals surface area contributed by atoms with Gasteiger partial charge in [-0.2, -0.15) is 0 Å². The third kappa shape index (κ3) is 1.59. The molecule has 0 spiro atoms. The van der Waals surface area contributed by atoms with Crippen molar-refractivity contribution in [3.8, 4) is 0 Å². The van der Waals surface area contributed by atoms with E-state index >= 15 is 0 Å². The highest BCUT2D eigenvalue weighted by atomic mass is 16.4. The van der Waals surface area contributed by atoms with Crippen LogP contribution in [0.5, 0.6) is 0 Å². The van der Waals surface area contributed by atoms with Gasteiger partial charge in [-0.15, -0.1) is 5.10 Å². The highest BCUT2D eigenvalue weighted by Gasteiger charge is 2.35. The van der Waals surface area contributed by atoms with Gasteiger partial charge in [0.2, 0.25) is 5.89 Å². The third-order valence-corrected chi connectivity index (χ3v) is 3.11. The second-order valence-electron chi connectivity index (χ2n) is 4.03. The average molecular weight is 196 g/mol. The Balaban J connectivity index is 1.92. The molecular weight excluding hydrogens is 180 g/mol. The van der Waals surface area contributed by atoms with E-state index in [0.29, 0.717) is 30.4 Å². The lowest BCUT2D eigenvalue weighted by atomic mass is 9.71. The summed E-state index contributed by atoms with van der Waals surface area (Å²) in [5.74, 6) is 1.93. The standard InChI is InChI=1S/C9H16N4O/c1-5-3-7(6(5)2)11-9-13-12-8(4-10)14-9/h5-7H,3-4,10H2,1-2H3,(H,11,13). The minimum Gasteiger partial charge on any atom is -0.407 e. The van der Waals surface area contributed by atoms with E-state index in [1.165, 1.54) is 6.42 Å². The molecule has 0 saturated heterocycles. The molecule has 0 bridgehead atoms. The number of hydrogen-bond acceptors (Lipinski definition) is 5. The monoisotopic (exact) mass is 196 g/mol. The SMILES string of the molecule is CC1CC(Nc2nnc(CN)o2)C1C. The highest BCUT2D eigenvalue weighted by molar-refractivity contribution is 5.22. The van der Waals surface area contributed by atoms with Gasteiger partial charge in [0.25, 0.3) is 0 Å². The Morgan fingerprint density at radius 3 is 2.79 bits per heavy atom. The van der Waals surface area contributed by atoms with Gasteiger partial charge in [0.1, 0.15) is 0 Å². The molecule has 3 atom stereocenters. The van der Waals surface area contributed by atoms with Crippen molar-refractivity contribution >= 4 is 6.01 Å². The molecule has 3 N–H and O–H groups in total. The summed E-state index contributed by atoms with van der Waals surface area (Å²) in [6, 6.07) is 0.963. The zero-order chi connectivity index (χ0) is 10.1. The number of rotatable bonds is 3. The molecule has 1 aliphatic rings. The Hall–Kier alpha value is -1.10. The summed E-state index contributed by atoms with van der Waals surface area (Å²) in [6.07, 6.45) is 1.17. The predicted molar refractivity (Wildman–Crippen MR) is 52.5 cm³/mol. The maximum atomic E-state index is 5.37. The lowest BCUT2D eigenvalue weighted by Gasteiger charge is -2.40. The number of nitrogens with zero attached hydrogens (tertiary/aromatic N) is 2. The number of anilines is 1. The van der Waals surface area contributed by atoms with Crippen LogP contribution in [0, 0.1) is 11.8 Å². The van der Waals surface area contributed by atoms with Crippen LogP contribution < -0.4 is 11.1 Å². The first-order chi connectivity index (χ1) is 6.70. The van der Waals surface area contributed by atoms with Gasteiger partial charge in [-0.25, -0.2) is 0 Å². The van der Waals surface area contributed by atoms with E-state index in [1.807, 2.05) is 0 Å². The Morgan fingerprint density at radius 2 is 2.29 bits per heavy atom. The van der Waals surface area contributed by atoms with Crippen molar-refractivity contribution in [3.05, 3.63) is 5.89 Å². The molecule has 0 radical (unpaired) electrons. The quantitative estimate of drug-likeness (QED) is 0.753. The maximum Gasteiger partial charge on any atom is 0.315 e. The highest BCUT2D eigenvalue weighted by Crippen LogP contribution is 2.35.